The topological polar surface area (TPSA) is 59.5 Å². The molecule has 21 heavy (non-hydrogen) atoms. The zero-order valence-electron chi connectivity index (χ0n) is 12.7. The second kappa shape index (κ2) is 7.20. The maximum Gasteiger partial charge on any atom is 0.307 e. The SMILES string of the molecule is COC(=O)CC1CCCCN1C(=O)Cc1ncccc1C. The number of hydrogen-bond donors (Lipinski definition) is 0. The number of aryl methyl sites for hydroxylation is 1. The Labute approximate surface area is 125 Å². The number of amides is 1. The quantitative estimate of drug-likeness (QED) is 0.794. The zero-order chi connectivity index (χ0) is 15.2. The Kier molecular flexibility index (Phi) is 5.31. The maximum atomic E-state index is 12.5. The number of methoxy groups -OCH3 is 1. The third kappa shape index (κ3) is 4.03. The van der Waals surface area contributed by atoms with Crippen molar-refractivity contribution in [1.29, 1.82) is 0 Å². The van der Waals surface area contributed by atoms with Crippen molar-refractivity contribution in [2.75, 3.05) is 13.7 Å². The van der Waals surface area contributed by atoms with Crippen LogP contribution in [-0.4, -0.2) is 41.5 Å². The minimum absolute atomic E-state index is 0.0391. The van der Waals surface area contributed by atoms with E-state index in [4.69, 9.17) is 4.74 Å². The molecule has 2 rings (SSSR count). The number of aromatic nitrogens is 1. The Balaban J connectivity index is 2.04. The zero-order valence-corrected chi connectivity index (χ0v) is 12.7. The first kappa shape index (κ1) is 15.5. The molecule has 0 bridgehead atoms. The first-order chi connectivity index (χ1) is 10.1. The van der Waals surface area contributed by atoms with Crippen molar-refractivity contribution in [3.05, 3.63) is 29.6 Å². The number of nitrogens with zero attached hydrogens (tertiary/aromatic N) is 2. The molecule has 0 aliphatic carbocycles. The van der Waals surface area contributed by atoms with Gasteiger partial charge in [0.2, 0.25) is 5.91 Å². The Morgan fingerprint density at radius 2 is 2.24 bits per heavy atom. The molecule has 1 amide bonds. The van der Waals surface area contributed by atoms with E-state index in [-0.39, 0.29) is 24.3 Å². The van der Waals surface area contributed by atoms with E-state index in [1.54, 1.807) is 6.20 Å². The summed E-state index contributed by atoms with van der Waals surface area (Å²) in [6.07, 6.45) is 5.19. The molecule has 0 aromatic carbocycles. The largest absolute Gasteiger partial charge is 0.469 e. The molecule has 1 atom stereocenters. The fraction of sp³-hybridized carbons (Fsp3) is 0.562. The van der Waals surface area contributed by atoms with Crippen molar-refractivity contribution in [2.24, 2.45) is 0 Å². The first-order valence-corrected chi connectivity index (χ1v) is 7.38. The normalized spacial score (nSPS) is 18.4. The molecule has 0 spiro atoms. The van der Waals surface area contributed by atoms with Gasteiger partial charge >= 0.3 is 5.97 Å². The van der Waals surface area contributed by atoms with E-state index in [0.717, 1.165) is 30.5 Å². The minimum atomic E-state index is -0.256. The van der Waals surface area contributed by atoms with Gasteiger partial charge in [0, 0.05) is 18.8 Å². The molecule has 1 saturated heterocycles. The summed E-state index contributed by atoms with van der Waals surface area (Å²) >= 11 is 0. The Morgan fingerprint density at radius 1 is 1.43 bits per heavy atom. The summed E-state index contributed by atoms with van der Waals surface area (Å²) in [4.78, 5) is 30.1. The summed E-state index contributed by atoms with van der Waals surface area (Å²) in [7, 11) is 1.38. The summed E-state index contributed by atoms with van der Waals surface area (Å²) in [6.45, 7) is 2.67. The second-order valence-corrected chi connectivity index (χ2v) is 5.46. The number of piperidine rings is 1. The van der Waals surface area contributed by atoms with E-state index in [2.05, 4.69) is 4.98 Å². The average Bonchev–Trinajstić information content (AvgIpc) is 2.50. The highest BCUT2D eigenvalue weighted by molar-refractivity contribution is 5.80. The lowest BCUT2D eigenvalue weighted by atomic mass is 9.98. The van der Waals surface area contributed by atoms with E-state index < -0.39 is 0 Å². The van der Waals surface area contributed by atoms with Gasteiger partial charge in [-0.25, -0.2) is 0 Å². The molecule has 1 aliphatic rings. The van der Waals surface area contributed by atoms with Crippen LogP contribution < -0.4 is 0 Å². The van der Waals surface area contributed by atoms with E-state index in [9.17, 15) is 9.59 Å². The second-order valence-electron chi connectivity index (χ2n) is 5.46. The van der Waals surface area contributed by atoms with Crippen LogP contribution in [0.1, 0.15) is 36.9 Å². The van der Waals surface area contributed by atoms with Gasteiger partial charge in [-0.2, -0.15) is 0 Å². The van der Waals surface area contributed by atoms with Crippen molar-refractivity contribution >= 4 is 11.9 Å². The van der Waals surface area contributed by atoms with Crippen LogP contribution in [0.5, 0.6) is 0 Å². The van der Waals surface area contributed by atoms with Crippen molar-refractivity contribution in [3.8, 4) is 0 Å². The Bertz CT molecular complexity index is 516. The smallest absolute Gasteiger partial charge is 0.307 e. The van der Waals surface area contributed by atoms with Gasteiger partial charge in [0.05, 0.1) is 25.6 Å². The van der Waals surface area contributed by atoms with Crippen LogP contribution in [0.3, 0.4) is 0 Å². The highest BCUT2D eigenvalue weighted by atomic mass is 16.5. The lowest BCUT2D eigenvalue weighted by Gasteiger charge is -2.35. The minimum Gasteiger partial charge on any atom is -0.469 e. The van der Waals surface area contributed by atoms with E-state index in [1.807, 2.05) is 24.0 Å². The molecule has 5 heteroatoms. The van der Waals surface area contributed by atoms with E-state index in [0.29, 0.717) is 13.0 Å². The van der Waals surface area contributed by atoms with Crippen LogP contribution in [0.4, 0.5) is 0 Å². The molecule has 0 radical (unpaired) electrons. The number of rotatable bonds is 4. The molecule has 1 fully saturated rings. The average molecular weight is 290 g/mol. The maximum absolute atomic E-state index is 12.5. The van der Waals surface area contributed by atoms with Crippen LogP contribution >= 0.6 is 0 Å². The molecular formula is C16H22N2O3. The predicted octanol–water partition coefficient (Wildman–Crippen LogP) is 1.88. The fourth-order valence-electron chi connectivity index (χ4n) is 2.77. The number of hydrogen-bond acceptors (Lipinski definition) is 4. The van der Waals surface area contributed by atoms with E-state index >= 15 is 0 Å². The van der Waals surface area contributed by atoms with Crippen molar-refractivity contribution in [3.63, 3.8) is 0 Å². The number of ether oxygens (including phenoxy) is 1. The number of pyridine rings is 1. The molecule has 0 saturated carbocycles. The third-order valence-electron chi connectivity index (χ3n) is 4.01. The lowest BCUT2D eigenvalue weighted by molar-refractivity contribution is -0.144. The Morgan fingerprint density at radius 3 is 2.95 bits per heavy atom. The van der Waals surface area contributed by atoms with Gasteiger partial charge in [-0.3, -0.25) is 14.6 Å². The van der Waals surface area contributed by atoms with Crippen molar-refractivity contribution < 1.29 is 14.3 Å². The van der Waals surface area contributed by atoms with Gasteiger partial charge in [-0.15, -0.1) is 0 Å². The summed E-state index contributed by atoms with van der Waals surface area (Å²) in [5, 5.41) is 0. The molecule has 114 valence electrons. The summed E-state index contributed by atoms with van der Waals surface area (Å²) in [5.41, 5.74) is 1.83. The van der Waals surface area contributed by atoms with E-state index in [1.165, 1.54) is 7.11 Å². The molecular weight excluding hydrogens is 268 g/mol. The van der Waals surface area contributed by atoms with Crippen LogP contribution in [0.25, 0.3) is 0 Å². The van der Waals surface area contributed by atoms with Gasteiger partial charge in [0.1, 0.15) is 0 Å². The van der Waals surface area contributed by atoms with Crippen LogP contribution in [0.2, 0.25) is 0 Å². The standard InChI is InChI=1S/C16H22N2O3/c1-12-6-5-8-17-14(12)11-15(19)18-9-4-3-7-13(18)10-16(20)21-2/h5-6,8,13H,3-4,7,9-11H2,1-2H3. The summed E-state index contributed by atoms with van der Waals surface area (Å²) < 4.78 is 4.73. The fourth-order valence-corrected chi connectivity index (χ4v) is 2.77. The van der Waals surface area contributed by atoms with Crippen molar-refractivity contribution in [2.45, 2.75) is 45.1 Å². The lowest BCUT2D eigenvalue weighted by Crippen LogP contribution is -2.45. The molecule has 5 nitrogen and oxygen atoms in total. The Hall–Kier alpha value is -1.91. The van der Waals surface area contributed by atoms with Gasteiger partial charge in [0.25, 0.3) is 0 Å². The predicted molar refractivity (Wildman–Crippen MR) is 78.7 cm³/mol. The van der Waals surface area contributed by atoms with Gasteiger partial charge in [0.15, 0.2) is 0 Å². The van der Waals surface area contributed by atoms with Crippen LogP contribution in [0, 0.1) is 6.92 Å². The van der Waals surface area contributed by atoms with Gasteiger partial charge in [-0.05, 0) is 37.8 Å². The third-order valence-corrected chi connectivity index (χ3v) is 4.01. The molecule has 1 unspecified atom stereocenters. The molecule has 1 aromatic rings. The van der Waals surface area contributed by atoms with Crippen molar-refractivity contribution in [1.82, 2.24) is 9.88 Å². The monoisotopic (exact) mass is 290 g/mol. The number of esters is 1. The highest BCUT2D eigenvalue weighted by Gasteiger charge is 2.29. The van der Waals surface area contributed by atoms with Gasteiger partial charge in [-0.1, -0.05) is 6.07 Å². The van der Waals surface area contributed by atoms with Crippen LogP contribution in [-0.2, 0) is 20.7 Å². The summed E-state index contributed by atoms with van der Waals surface area (Å²) in [6, 6.07) is 3.78. The molecule has 1 aliphatic heterocycles. The molecule has 2 heterocycles. The first-order valence-electron chi connectivity index (χ1n) is 7.38. The van der Waals surface area contributed by atoms with Crippen LogP contribution in [0.15, 0.2) is 18.3 Å². The summed E-state index contributed by atoms with van der Waals surface area (Å²) in [5.74, 6) is -0.209. The highest BCUT2D eigenvalue weighted by Crippen LogP contribution is 2.21. The number of carbonyl (C=O) groups excluding carboxylic acids is 2. The number of likely N-dealkylation sites (tertiary alicyclic amines) is 1. The molecule has 1 aromatic heterocycles. The van der Waals surface area contributed by atoms with Gasteiger partial charge < -0.3 is 9.64 Å². The molecule has 0 N–H and O–H groups in total. The number of carbonyl (C=O) groups is 2.